The van der Waals surface area contributed by atoms with Gasteiger partial charge in [0.2, 0.25) is 0 Å². The first kappa shape index (κ1) is 14.4. The van der Waals surface area contributed by atoms with Crippen molar-refractivity contribution in [1.82, 2.24) is 4.90 Å². The second kappa shape index (κ2) is 6.98. The minimum absolute atomic E-state index is 0.243. The van der Waals surface area contributed by atoms with Crippen molar-refractivity contribution in [2.75, 3.05) is 20.2 Å². The van der Waals surface area contributed by atoms with E-state index in [0.29, 0.717) is 0 Å². The van der Waals surface area contributed by atoms with E-state index in [1.54, 1.807) is 7.11 Å². The molecule has 0 saturated carbocycles. The molecule has 4 heteroatoms. The summed E-state index contributed by atoms with van der Waals surface area (Å²) in [5.74, 6) is 1.13. The maximum atomic E-state index is 11.8. The van der Waals surface area contributed by atoms with Gasteiger partial charge in [-0.3, -0.25) is 0 Å². The third-order valence-corrected chi connectivity index (χ3v) is 5.80. The number of hydrogen-bond donors (Lipinski definition) is 0. The Morgan fingerprint density at radius 1 is 1.37 bits per heavy atom. The van der Waals surface area contributed by atoms with Crippen LogP contribution in [0, 0.1) is 0 Å². The molecule has 0 aromatic heterocycles. The summed E-state index contributed by atoms with van der Waals surface area (Å²) in [6, 6.07) is 8.15. The molecule has 3 nitrogen and oxygen atoms in total. The second-order valence-corrected chi connectivity index (χ2v) is 7.21. The molecular formula is C15H19NO2Te. The first-order valence-electron chi connectivity index (χ1n) is 6.53. The van der Waals surface area contributed by atoms with Gasteiger partial charge >= 0.3 is 125 Å². The molecule has 0 bridgehead atoms. The number of β-lactam (4-membered cyclic amide) rings is 1. The molecule has 102 valence electrons. The predicted octanol–water partition coefficient (Wildman–Crippen LogP) is 1.55. The third-order valence-electron chi connectivity index (χ3n) is 3.10. The Bertz CT molecular complexity index is 468. The summed E-state index contributed by atoms with van der Waals surface area (Å²) in [5.41, 5.74) is 1.01. The molecule has 0 N–H and O–H groups in total. The SMILES string of the molecule is CCCCN1C/C(=C\[Te]c2ccc(OC)cc2)C1=O. The zero-order chi connectivity index (χ0) is 13.7. The number of ether oxygens (including phenoxy) is 1. The van der Waals surface area contributed by atoms with Crippen LogP contribution in [0.2, 0.25) is 0 Å². The standard InChI is InChI=1S/C15H19NO2Te/c1-3-4-9-16-10-12(15(16)17)11-19-14-7-5-13(18-2)6-8-14/h5-8,11H,3-4,9-10H2,1-2H3/b12-11+. The third kappa shape index (κ3) is 3.74. The quantitative estimate of drug-likeness (QED) is 0.431. The molecular weight excluding hydrogens is 354 g/mol. The van der Waals surface area contributed by atoms with Crippen molar-refractivity contribution in [3.8, 4) is 5.75 Å². The molecule has 1 aliphatic rings. The van der Waals surface area contributed by atoms with Crippen LogP contribution in [-0.2, 0) is 4.79 Å². The summed E-state index contributed by atoms with van der Waals surface area (Å²) >= 11 is -0.398. The fraction of sp³-hybridized carbons (Fsp3) is 0.400. The van der Waals surface area contributed by atoms with Crippen molar-refractivity contribution in [2.24, 2.45) is 0 Å². The molecule has 1 fully saturated rings. The monoisotopic (exact) mass is 375 g/mol. The Hall–Kier alpha value is -0.980. The van der Waals surface area contributed by atoms with Gasteiger partial charge in [0.05, 0.1) is 0 Å². The van der Waals surface area contributed by atoms with Crippen LogP contribution >= 0.6 is 0 Å². The summed E-state index contributed by atoms with van der Waals surface area (Å²) in [6.07, 6.45) is 2.25. The van der Waals surface area contributed by atoms with E-state index < -0.39 is 20.9 Å². The van der Waals surface area contributed by atoms with E-state index in [-0.39, 0.29) is 5.91 Å². The summed E-state index contributed by atoms with van der Waals surface area (Å²) in [7, 11) is 1.67. The van der Waals surface area contributed by atoms with Gasteiger partial charge in [0.1, 0.15) is 0 Å². The van der Waals surface area contributed by atoms with E-state index in [1.165, 1.54) is 3.61 Å². The van der Waals surface area contributed by atoms with Crippen LogP contribution in [0.15, 0.2) is 34.0 Å². The van der Waals surface area contributed by atoms with E-state index in [1.807, 2.05) is 17.0 Å². The molecule has 1 heterocycles. The van der Waals surface area contributed by atoms with Crippen LogP contribution in [-0.4, -0.2) is 51.9 Å². The summed E-state index contributed by atoms with van der Waals surface area (Å²) in [5, 5.41) is 0. The molecule has 1 aromatic rings. The Morgan fingerprint density at radius 3 is 2.68 bits per heavy atom. The molecule has 1 saturated heterocycles. The van der Waals surface area contributed by atoms with Crippen molar-refractivity contribution in [1.29, 1.82) is 0 Å². The number of benzene rings is 1. The van der Waals surface area contributed by atoms with Gasteiger partial charge < -0.3 is 0 Å². The summed E-state index contributed by atoms with van der Waals surface area (Å²) < 4.78 is 8.64. The molecule has 1 aromatic carbocycles. The molecule has 0 radical (unpaired) electrons. The van der Waals surface area contributed by atoms with Crippen LogP contribution in [0.4, 0.5) is 0 Å². The molecule has 0 aliphatic carbocycles. The van der Waals surface area contributed by atoms with Crippen molar-refractivity contribution in [3.63, 3.8) is 0 Å². The first-order valence-corrected chi connectivity index (χ1v) is 9.04. The number of unbranched alkanes of at least 4 members (excludes halogenated alkanes) is 1. The predicted molar refractivity (Wildman–Crippen MR) is 78.0 cm³/mol. The van der Waals surface area contributed by atoms with Gasteiger partial charge in [-0.25, -0.2) is 0 Å². The number of carbonyl (C=O) groups is 1. The van der Waals surface area contributed by atoms with Gasteiger partial charge in [-0.15, -0.1) is 0 Å². The minimum atomic E-state index is -0.398. The maximum absolute atomic E-state index is 11.8. The Labute approximate surface area is 124 Å². The topological polar surface area (TPSA) is 29.5 Å². The molecule has 1 amide bonds. The number of hydrogen-bond acceptors (Lipinski definition) is 2. The second-order valence-electron chi connectivity index (χ2n) is 4.52. The van der Waals surface area contributed by atoms with Gasteiger partial charge in [-0.1, -0.05) is 0 Å². The summed E-state index contributed by atoms with van der Waals surface area (Å²) in [4.78, 5) is 13.8. The van der Waals surface area contributed by atoms with Gasteiger partial charge in [-0.05, 0) is 0 Å². The molecule has 0 atom stereocenters. The fourth-order valence-electron chi connectivity index (χ4n) is 1.87. The van der Waals surface area contributed by atoms with Crippen LogP contribution in [0.3, 0.4) is 0 Å². The Kier molecular flexibility index (Phi) is 5.30. The molecule has 1 aliphatic heterocycles. The summed E-state index contributed by atoms with van der Waals surface area (Å²) in [6.45, 7) is 3.91. The van der Waals surface area contributed by atoms with Crippen molar-refractivity contribution in [3.05, 3.63) is 34.0 Å². The van der Waals surface area contributed by atoms with Crippen molar-refractivity contribution < 1.29 is 9.53 Å². The first-order chi connectivity index (χ1) is 9.24. The van der Waals surface area contributed by atoms with E-state index in [0.717, 1.165) is 37.3 Å². The number of methoxy groups -OCH3 is 1. The Morgan fingerprint density at radius 2 is 2.11 bits per heavy atom. The van der Waals surface area contributed by atoms with Crippen LogP contribution < -0.4 is 8.35 Å². The van der Waals surface area contributed by atoms with E-state index in [4.69, 9.17) is 4.74 Å². The number of nitrogens with zero attached hydrogens (tertiary/aromatic N) is 1. The average molecular weight is 373 g/mol. The van der Waals surface area contributed by atoms with Crippen molar-refractivity contribution >= 4 is 30.4 Å². The van der Waals surface area contributed by atoms with E-state index in [2.05, 4.69) is 23.2 Å². The van der Waals surface area contributed by atoms with Gasteiger partial charge in [0.15, 0.2) is 0 Å². The molecule has 2 rings (SSSR count). The van der Waals surface area contributed by atoms with E-state index in [9.17, 15) is 4.79 Å². The van der Waals surface area contributed by atoms with Gasteiger partial charge in [0, 0.05) is 0 Å². The normalized spacial score (nSPS) is 16.6. The van der Waals surface area contributed by atoms with Crippen LogP contribution in [0.1, 0.15) is 19.8 Å². The average Bonchev–Trinajstić information content (AvgIpc) is 2.46. The molecule has 19 heavy (non-hydrogen) atoms. The van der Waals surface area contributed by atoms with E-state index >= 15 is 0 Å². The Balaban J connectivity index is 1.85. The zero-order valence-electron chi connectivity index (χ0n) is 11.4. The van der Waals surface area contributed by atoms with Crippen LogP contribution in [0.25, 0.3) is 0 Å². The fourth-order valence-corrected chi connectivity index (χ4v) is 4.00. The van der Waals surface area contributed by atoms with Gasteiger partial charge in [0.25, 0.3) is 0 Å². The number of likely N-dealkylation sites (tertiary alicyclic amines) is 1. The van der Waals surface area contributed by atoms with Crippen molar-refractivity contribution in [2.45, 2.75) is 19.8 Å². The molecule has 0 unspecified atom stereocenters. The van der Waals surface area contributed by atoms with Crippen LogP contribution in [0.5, 0.6) is 5.75 Å². The number of amides is 1. The van der Waals surface area contributed by atoms with Gasteiger partial charge in [-0.2, -0.15) is 0 Å². The zero-order valence-corrected chi connectivity index (χ0v) is 13.7. The molecule has 0 spiro atoms. The number of carbonyl (C=O) groups excluding carboxylic acids is 1. The number of rotatable bonds is 6.